The second-order valence-electron chi connectivity index (χ2n) is 5.78. The molecule has 2 aromatic carbocycles. The van der Waals surface area contributed by atoms with Crippen LogP contribution in [0.1, 0.15) is 30.5 Å². The molecule has 0 fully saturated rings. The number of hydrogen-bond acceptors (Lipinski definition) is 3. The Bertz CT molecular complexity index is 730. The fourth-order valence-corrected chi connectivity index (χ4v) is 2.84. The monoisotopic (exact) mass is 280 g/mol. The first kappa shape index (κ1) is 12.3. The number of ether oxygens (including phenoxy) is 3. The molecule has 0 aliphatic carbocycles. The minimum absolute atomic E-state index is 0.289. The van der Waals surface area contributed by atoms with Crippen LogP contribution < -0.4 is 9.47 Å². The first-order chi connectivity index (χ1) is 10.1. The van der Waals surface area contributed by atoms with Gasteiger partial charge in [-0.15, -0.1) is 0 Å². The van der Waals surface area contributed by atoms with E-state index in [0.717, 1.165) is 33.9 Å². The molecule has 106 valence electrons. The molecule has 3 heteroatoms. The molecule has 2 heterocycles. The third kappa shape index (κ3) is 1.97. The molecule has 0 atom stereocenters. The number of benzene rings is 2. The summed E-state index contributed by atoms with van der Waals surface area (Å²) in [7, 11) is 0. The van der Waals surface area contributed by atoms with Gasteiger partial charge in [0.1, 0.15) is 11.4 Å². The number of hydrogen-bond donors (Lipinski definition) is 0. The van der Waals surface area contributed by atoms with Gasteiger partial charge in [0, 0.05) is 11.1 Å². The van der Waals surface area contributed by atoms with Crippen LogP contribution in [0.2, 0.25) is 0 Å². The Kier molecular flexibility index (Phi) is 2.52. The molecule has 2 aliphatic heterocycles. The average Bonchev–Trinajstić information content (AvgIpc) is 3.01. The fraction of sp³-hybridized carbons (Fsp3) is 0.222. The van der Waals surface area contributed by atoms with E-state index in [-0.39, 0.29) is 12.4 Å². The van der Waals surface area contributed by atoms with Gasteiger partial charge in [0.15, 0.2) is 11.5 Å². The highest BCUT2D eigenvalue weighted by molar-refractivity contribution is 5.83. The quantitative estimate of drug-likeness (QED) is 0.784. The molecule has 0 saturated carbocycles. The Hall–Kier alpha value is -2.42. The van der Waals surface area contributed by atoms with Gasteiger partial charge in [-0.3, -0.25) is 0 Å². The van der Waals surface area contributed by atoms with Gasteiger partial charge in [-0.1, -0.05) is 30.3 Å². The molecule has 2 aromatic rings. The first-order valence-electron chi connectivity index (χ1n) is 7.04. The van der Waals surface area contributed by atoms with E-state index in [0.29, 0.717) is 0 Å². The van der Waals surface area contributed by atoms with Crippen molar-refractivity contribution in [2.24, 2.45) is 0 Å². The van der Waals surface area contributed by atoms with E-state index in [9.17, 15) is 0 Å². The smallest absolute Gasteiger partial charge is 0.231 e. The van der Waals surface area contributed by atoms with Crippen molar-refractivity contribution in [3.63, 3.8) is 0 Å². The van der Waals surface area contributed by atoms with E-state index >= 15 is 0 Å². The Labute approximate surface area is 123 Å². The Morgan fingerprint density at radius 1 is 1.00 bits per heavy atom. The summed E-state index contributed by atoms with van der Waals surface area (Å²) in [6, 6.07) is 14.2. The highest BCUT2D eigenvalue weighted by atomic mass is 16.7. The van der Waals surface area contributed by atoms with Crippen molar-refractivity contribution in [2.75, 3.05) is 6.79 Å². The summed E-state index contributed by atoms with van der Waals surface area (Å²) < 4.78 is 17.1. The molecule has 0 bridgehead atoms. The van der Waals surface area contributed by atoms with Gasteiger partial charge in [0.05, 0.1) is 0 Å². The lowest BCUT2D eigenvalue weighted by Gasteiger charge is -2.19. The summed E-state index contributed by atoms with van der Waals surface area (Å²) in [5.74, 6) is 2.46. The van der Waals surface area contributed by atoms with Crippen LogP contribution in [0.15, 0.2) is 42.5 Å². The molecule has 4 rings (SSSR count). The van der Waals surface area contributed by atoms with E-state index < -0.39 is 0 Å². The van der Waals surface area contributed by atoms with E-state index in [1.54, 1.807) is 0 Å². The van der Waals surface area contributed by atoms with Gasteiger partial charge in [-0.05, 0) is 37.6 Å². The van der Waals surface area contributed by atoms with Crippen LogP contribution in [0.25, 0.3) is 11.8 Å². The molecule has 0 aromatic heterocycles. The maximum Gasteiger partial charge on any atom is 0.231 e. The molecule has 0 spiro atoms. The molecular weight excluding hydrogens is 264 g/mol. The lowest BCUT2D eigenvalue weighted by Crippen LogP contribution is -2.14. The summed E-state index contributed by atoms with van der Waals surface area (Å²) in [6.07, 6.45) is 2.07. The third-order valence-corrected chi connectivity index (χ3v) is 3.89. The zero-order valence-electron chi connectivity index (χ0n) is 12.1. The van der Waals surface area contributed by atoms with Crippen LogP contribution >= 0.6 is 0 Å². The largest absolute Gasteiger partial charge is 0.482 e. The summed E-state index contributed by atoms with van der Waals surface area (Å²) in [5.41, 5.74) is 2.97. The predicted molar refractivity (Wildman–Crippen MR) is 81.0 cm³/mol. The van der Waals surface area contributed by atoms with Gasteiger partial charge in [-0.25, -0.2) is 0 Å². The third-order valence-electron chi connectivity index (χ3n) is 3.89. The lowest BCUT2D eigenvalue weighted by atomic mass is 9.94. The molecule has 0 amide bonds. The first-order valence-corrected chi connectivity index (χ1v) is 7.04. The van der Waals surface area contributed by atoms with Crippen LogP contribution in [0.4, 0.5) is 0 Å². The fourth-order valence-electron chi connectivity index (χ4n) is 2.84. The second kappa shape index (κ2) is 4.29. The van der Waals surface area contributed by atoms with Gasteiger partial charge < -0.3 is 14.2 Å². The Morgan fingerprint density at radius 2 is 1.71 bits per heavy atom. The Balaban J connectivity index is 1.86. The molecule has 0 saturated heterocycles. The van der Waals surface area contributed by atoms with E-state index in [1.807, 2.05) is 30.3 Å². The maximum atomic E-state index is 6.15. The second-order valence-corrected chi connectivity index (χ2v) is 5.78. The van der Waals surface area contributed by atoms with Crippen molar-refractivity contribution >= 4 is 11.8 Å². The van der Waals surface area contributed by atoms with Crippen LogP contribution in [-0.2, 0) is 10.3 Å². The number of rotatable bonds is 1. The molecule has 21 heavy (non-hydrogen) atoms. The van der Waals surface area contributed by atoms with E-state index in [4.69, 9.17) is 14.2 Å². The zero-order valence-corrected chi connectivity index (χ0v) is 12.1. The molecule has 0 N–H and O–H groups in total. The minimum Gasteiger partial charge on any atom is -0.482 e. The van der Waals surface area contributed by atoms with E-state index in [2.05, 4.69) is 32.1 Å². The van der Waals surface area contributed by atoms with E-state index in [1.165, 1.54) is 0 Å². The summed E-state index contributed by atoms with van der Waals surface area (Å²) in [5, 5.41) is 0. The van der Waals surface area contributed by atoms with Crippen molar-refractivity contribution in [2.45, 2.75) is 19.4 Å². The molecule has 3 nitrogen and oxygen atoms in total. The standard InChI is InChI=1S/C18H16O3/c1-18(2)14-10-17-16(19-11-20-17)9-13(14)15(21-18)8-12-6-4-3-5-7-12/h3-10H,11H2,1-2H3/b15-8-. The van der Waals surface area contributed by atoms with Crippen molar-refractivity contribution in [3.05, 3.63) is 59.2 Å². The number of fused-ring (bicyclic) bond motifs is 2. The summed E-state index contributed by atoms with van der Waals surface area (Å²) >= 11 is 0. The minimum atomic E-state index is -0.364. The van der Waals surface area contributed by atoms with Gasteiger partial charge in [0.2, 0.25) is 6.79 Å². The molecule has 0 radical (unpaired) electrons. The summed E-state index contributed by atoms with van der Waals surface area (Å²) in [6.45, 7) is 4.43. The molecule has 0 unspecified atom stereocenters. The van der Waals surface area contributed by atoms with Crippen LogP contribution in [0.3, 0.4) is 0 Å². The van der Waals surface area contributed by atoms with Gasteiger partial charge in [-0.2, -0.15) is 0 Å². The predicted octanol–water partition coefficient (Wildman–Crippen LogP) is 4.18. The highest BCUT2D eigenvalue weighted by Gasteiger charge is 2.37. The van der Waals surface area contributed by atoms with Crippen LogP contribution in [0, 0.1) is 0 Å². The van der Waals surface area contributed by atoms with Crippen molar-refractivity contribution in [1.82, 2.24) is 0 Å². The van der Waals surface area contributed by atoms with Gasteiger partial charge in [0.25, 0.3) is 0 Å². The average molecular weight is 280 g/mol. The van der Waals surface area contributed by atoms with Crippen molar-refractivity contribution in [3.8, 4) is 11.5 Å². The van der Waals surface area contributed by atoms with Crippen molar-refractivity contribution in [1.29, 1.82) is 0 Å². The van der Waals surface area contributed by atoms with Gasteiger partial charge >= 0.3 is 0 Å². The normalized spacial score (nSPS) is 19.4. The zero-order chi connectivity index (χ0) is 14.4. The summed E-state index contributed by atoms with van der Waals surface area (Å²) in [4.78, 5) is 0. The lowest BCUT2D eigenvalue weighted by molar-refractivity contribution is 0.0937. The topological polar surface area (TPSA) is 27.7 Å². The van der Waals surface area contributed by atoms with Crippen molar-refractivity contribution < 1.29 is 14.2 Å². The highest BCUT2D eigenvalue weighted by Crippen LogP contribution is 2.48. The van der Waals surface area contributed by atoms with Crippen LogP contribution in [0.5, 0.6) is 11.5 Å². The molecule has 2 aliphatic rings. The molecular formula is C18H16O3. The maximum absolute atomic E-state index is 6.15. The van der Waals surface area contributed by atoms with Crippen LogP contribution in [-0.4, -0.2) is 6.79 Å². The Morgan fingerprint density at radius 3 is 2.48 bits per heavy atom. The SMILES string of the molecule is CC1(C)O/C(=C\c2ccccc2)c2cc3c(cc21)OCO3.